The van der Waals surface area contributed by atoms with Crippen LogP contribution in [-0.4, -0.2) is 34.7 Å². The highest BCUT2D eigenvalue weighted by molar-refractivity contribution is 5.79. The number of hydrogen-bond acceptors (Lipinski definition) is 4. The first kappa shape index (κ1) is 18.4. The monoisotopic (exact) mass is 364 g/mol. The molecule has 7 nitrogen and oxygen atoms in total. The first-order valence-electron chi connectivity index (χ1n) is 8.71. The molecule has 140 valence electrons. The van der Waals surface area contributed by atoms with Crippen LogP contribution in [0.2, 0.25) is 0 Å². The minimum absolute atomic E-state index is 0.625. The smallest absolute Gasteiger partial charge is 0.191 e. The number of nitrogens with one attached hydrogen (secondary N) is 2. The van der Waals surface area contributed by atoms with Crippen LogP contribution in [0, 0.1) is 6.92 Å². The second kappa shape index (κ2) is 8.84. The summed E-state index contributed by atoms with van der Waals surface area (Å²) >= 11 is 0. The Hall–Kier alpha value is -3.35. The Kier molecular flexibility index (Phi) is 6.04. The van der Waals surface area contributed by atoms with Crippen molar-refractivity contribution in [1.82, 2.24) is 25.2 Å². The lowest BCUT2D eigenvalue weighted by Crippen LogP contribution is -2.36. The van der Waals surface area contributed by atoms with Gasteiger partial charge in [0, 0.05) is 44.3 Å². The summed E-state index contributed by atoms with van der Waals surface area (Å²) in [7, 11) is 3.44. The number of aliphatic imine (C=N–C) groups is 1. The summed E-state index contributed by atoms with van der Waals surface area (Å²) in [6, 6.07) is 10.2. The molecule has 0 radical (unpaired) electrons. The van der Waals surface area contributed by atoms with Crippen molar-refractivity contribution in [2.75, 3.05) is 14.2 Å². The lowest BCUT2D eigenvalue weighted by atomic mass is 10.1. The van der Waals surface area contributed by atoms with Gasteiger partial charge in [0.2, 0.25) is 0 Å². The maximum Gasteiger partial charge on any atom is 0.191 e. The Labute approximate surface area is 159 Å². The number of imidazole rings is 1. The standard InChI is InChI=1S/C20H24N6O/c1-15-4-5-17(18(10-15)27-3)13-25-20(21-2)24-12-16-6-7-23-19(11-16)26-9-8-22-14-26/h4-11,14H,12-13H2,1-3H3,(H2,21,24,25). The van der Waals surface area contributed by atoms with Crippen molar-refractivity contribution < 1.29 is 4.74 Å². The van der Waals surface area contributed by atoms with E-state index in [9.17, 15) is 0 Å². The lowest BCUT2D eigenvalue weighted by Gasteiger charge is -2.14. The zero-order chi connectivity index (χ0) is 19.1. The molecule has 0 aliphatic carbocycles. The number of ether oxygens (including phenoxy) is 1. The van der Waals surface area contributed by atoms with Gasteiger partial charge in [-0.1, -0.05) is 12.1 Å². The molecule has 0 amide bonds. The maximum absolute atomic E-state index is 5.46. The average Bonchev–Trinajstić information content (AvgIpc) is 3.24. The Morgan fingerprint density at radius 3 is 2.74 bits per heavy atom. The Bertz CT molecular complexity index is 905. The number of aromatic nitrogens is 3. The van der Waals surface area contributed by atoms with Crippen LogP contribution in [0.15, 0.2) is 60.2 Å². The molecule has 0 fully saturated rings. The summed E-state index contributed by atoms with van der Waals surface area (Å²) in [4.78, 5) is 12.7. The lowest BCUT2D eigenvalue weighted by molar-refractivity contribution is 0.408. The molecule has 0 spiro atoms. The number of pyridine rings is 1. The van der Waals surface area contributed by atoms with Crippen LogP contribution in [-0.2, 0) is 13.1 Å². The minimum Gasteiger partial charge on any atom is -0.496 e. The first-order chi connectivity index (χ1) is 13.2. The molecule has 2 aromatic heterocycles. The van der Waals surface area contributed by atoms with Crippen LogP contribution in [0.3, 0.4) is 0 Å². The van der Waals surface area contributed by atoms with E-state index < -0.39 is 0 Å². The van der Waals surface area contributed by atoms with Gasteiger partial charge in [0.05, 0.1) is 7.11 Å². The van der Waals surface area contributed by atoms with E-state index in [0.717, 1.165) is 28.7 Å². The molecule has 0 saturated heterocycles. The molecule has 0 aliphatic heterocycles. The molecule has 0 unspecified atom stereocenters. The van der Waals surface area contributed by atoms with Crippen molar-refractivity contribution >= 4 is 5.96 Å². The first-order valence-corrected chi connectivity index (χ1v) is 8.71. The van der Waals surface area contributed by atoms with Crippen molar-refractivity contribution in [2.45, 2.75) is 20.0 Å². The van der Waals surface area contributed by atoms with Crippen LogP contribution < -0.4 is 15.4 Å². The van der Waals surface area contributed by atoms with Crippen molar-refractivity contribution in [1.29, 1.82) is 0 Å². The highest BCUT2D eigenvalue weighted by Crippen LogP contribution is 2.19. The van der Waals surface area contributed by atoms with Crippen LogP contribution in [0.1, 0.15) is 16.7 Å². The summed E-state index contributed by atoms with van der Waals surface area (Å²) in [5, 5.41) is 6.64. The van der Waals surface area contributed by atoms with Crippen LogP contribution in [0.25, 0.3) is 5.82 Å². The molecule has 2 heterocycles. The zero-order valence-electron chi connectivity index (χ0n) is 15.8. The molecule has 0 saturated carbocycles. The largest absolute Gasteiger partial charge is 0.496 e. The fraction of sp³-hybridized carbons (Fsp3) is 0.250. The van der Waals surface area contributed by atoms with Gasteiger partial charge in [-0.15, -0.1) is 0 Å². The third kappa shape index (κ3) is 4.84. The predicted octanol–water partition coefficient (Wildman–Crippen LogP) is 2.45. The Morgan fingerprint density at radius 2 is 2.00 bits per heavy atom. The van der Waals surface area contributed by atoms with E-state index in [1.54, 1.807) is 32.9 Å². The van der Waals surface area contributed by atoms with Crippen LogP contribution >= 0.6 is 0 Å². The van der Waals surface area contributed by atoms with Gasteiger partial charge in [-0.3, -0.25) is 9.56 Å². The van der Waals surface area contributed by atoms with Gasteiger partial charge in [-0.25, -0.2) is 9.97 Å². The van der Waals surface area contributed by atoms with E-state index in [2.05, 4.69) is 37.7 Å². The zero-order valence-corrected chi connectivity index (χ0v) is 15.8. The quantitative estimate of drug-likeness (QED) is 0.519. The predicted molar refractivity (Wildman–Crippen MR) is 106 cm³/mol. The maximum atomic E-state index is 5.46. The summed E-state index contributed by atoms with van der Waals surface area (Å²) < 4.78 is 7.33. The average molecular weight is 364 g/mol. The van der Waals surface area contributed by atoms with Gasteiger partial charge in [0.15, 0.2) is 5.96 Å². The second-order valence-electron chi connectivity index (χ2n) is 6.09. The number of hydrogen-bond donors (Lipinski definition) is 2. The van der Waals surface area contributed by atoms with Crippen molar-refractivity contribution in [3.63, 3.8) is 0 Å². The fourth-order valence-corrected chi connectivity index (χ4v) is 2.69. The summed E-state index contributed by atoms with van der Waals surface area (Å²) in [6.45, 7) is 3.31. The van der Waals surface area contributed by atoms with E-state index in [0.29, 0.717) is 13.1 Å². The number of aryl methyl sites for hydroxylation is 1. The van der Waals surface area contributed by atoms with Crippen LogP contribution in [0.5, 0.6) is 5.75 Å². The SMILES string of the molecule is CN=C(NCc1ccnc(-n2ccnc2)c1)NCc1ccc(C)cc1OC. The molecule has 27 heavy (non-hydrogen) atoms. The number of nitrogens with zero attached hydrogens (tertiary/aromatic N) is 4. The Morgan fingerprint density at radius 1 is 1.15 bits per heavy atom. The molecule has 0 aliphatic rings. The number of methoxy groups -OCH3 is 1. The molecule has 2 N–H and O–H groups in total. The van der Waals surface area contributed by atoms with Crippen molar-refractivity contribution in [3.8, 4) is 11.6 Å². The topological polar surface area (TPSA) is 76.4 Å². The van der Waals surface area contributed by atoms with Crippen molar-refractivity contribution in [3.05, 3.63) is 71.9 Å². The molecule has 3 aromatic rings. The minimum atomic E-state index is 0.625. The van der Waals surface area contributed by atoms with E-state index in [1.165, 1.54) is 5.56 Å². The van der Waals surface area contributed by atoms with Gasteiger partial charge < -0.3 is 15.4 Å². The third-order valence-electron chi connectivity index (χ3n) is 4.15. The number of rotatable bonds is 6. The van der Waals surface area contributed by atoms with E-state index >= 15 is 0 Å². The third-order valence-corrected chi connectivity index (χ3v) is 4.15. The van der Waals surface area contributed by atoms with Crippen molar-refractivity contribution in [2.24, 2.45) is 4.99 Å². The Balaban J connectivity index is 1.59. The molecule has 3 rings (SSSR count). The van der Waals surface area contributed by atoms with Crippen LogP contribution in [0.4, 0.5) is 0 Å². The van der Waals surface area contributed by atoms with Gasteiger partial charge in [0.1, 0.15) is 17.9 Å². The molecular weight excluding hydrogens is 340 g/mol. The molecule has 7 heteroatoms. The summed E-state index contributed by atoms with van der Waals surface area (Å²) in [5.74, 6) is 2.43. The van der Waals surface area contributed by atoms with E-state index in [1.807, 2.05) is 35.9 Å². The number of benzene rings is 1. The highest BCUT2D eigenvalue weighted by atomic mass is 16.5. The molecule has 0 atom stereocenters. The molecule has 0 bridgehead atoms. The van der Waals surface area contributed by atoms with Gasteiger partial charge in [0.25, 0.3) is 0 Å². The fourth-order valence-electron chi connectivity index (χ4n) is 2.69. The van der Waals surface area contributed by atoms with Gasteiger partial charge in [-0.2, -0.15) is 0 Å². The molecular formula is C20H24N6O. The molecule has 1 aromatic carbocycles. The van der Waals surface area contributed by atoms with Gasteiger partial charge >= 0.3 is 0 Å². The summed E-state index contributed by atoms with van der Waals surface area (Å²) in [5.41, 5.74) is 3.35. The second-order valence-corrected chi connectivity index (χ2v) is 6.09. The highest BCUT2D eigenvalue weighted by Gasteiger charge is 2.05. The van der Waals surface area contributed by atoms with E-state index in [4.69, 9.17) is 4.74 Å². The normalized spacial score (nSPS) is 11.3. The van der Waals surface area contributed by atoms with E-state index in [-0.39, 0.29) is 0 Å². The van der Waals surface area contributed by atoms with Gasteiger partial charge in [-0.05, 0) is 36.2 Å². The number of guanidine groups is 1. The summed E-state index contributed by atoms with van der Waals surface area (Å²) in [6.07, 6.45) is 7.13.